The maximum Gasteiger partial charge on any atom is 0.244 e. The summed E-state index contributed by atoms with van der Waals surface area (Å²) in [5.41, 5.74) is 3.82. The molecule has 26 heavy (non-hydrogen) atoms. The van der Waals surface area contributed by atoms with Crippen molar-refractivity contribution in [3.05, 3.63) is 48.8 Å². The van der Waals surface area contributed by atoms with Gasteiger partial charge in [0.2, 0.25) is 5.91 Å². The van der Waals surface area contributed by atoms with E-state index in [4.69, 9.17) is 9.47 Å². The van der Waals surface area contributed by atoms with Gasteiger partial charge in [-0.25, -0.2) is 5.43 Å². The molecule has 2 N–H and O–H groups in total. The fourth-order valence-electron chi connectivity index (χ4n) is 2.10. The van der Waals surface area contributed by atoms with Crippen molar-refractivity contribution in [3.63, 3.8) is 0 Å². The van der Waals surface area contributed by atoms with E-state index in [0.29, 0.717) is 30.5 Å². The lowest BCUT2D eigenvalue weighted by Gasteiger charge is -2.09. The predicted octanol–water partition coefficient (Wildman–Crippen LogP) is 4.39. The lowest BCUT2D eigenvalue weighted by Crippen LogP contribution is -2.19. The summed E-state index contributed by atoms with van der Waals surface area (Å²) in [6.45, 7) is 0. The van der Waals surface area contributed by atoms with Crippen molar-refractivity contribution in [2.75, 3.05) is 14.2 Å². The summed E-state index contributed by atoms with van der Waals surface area (Å²) in [6.07, 6.45) is 1.57. The minimum atomic E-state index is -0.290. The zero-order valence-electron chi connectivity index (χ0n) is 13.8. The molecule has 0 aliphatic rings. The van der Waals surface area contributed by atoms with Crippen molar-refractivity contribution < 1.29 is 19.4 Å². The number of hydrogen-bond donors (Lipinski definition) is 2. The second-order valence-electron chi connectivity index (χ2n) is 5.08. The second-order valence-corrected chi connectivity index (χ2v) is 7.58. The van der Waals surface area contributed by atoms with E-state index in [1.54, 1.807) is 31.4 Å². The van der Waals surface area contributed by atoms with Gasteiger partial charge in [0.25, 0.3) is 0 Å². The van der Waals surface area contributed by atoms with Crippen LogP contribution < -0.4 is 14.9 Å². The molecule has 0 spiro atoms. The SMILES string of the molecule is COc1ccc(CC(=O)N/N=C\c2c(Br)cc(Br)c(O)c2Br)cc1OC. The van der Waals surface area contributed by atoms with Gasteiger partial charge in [-0.1, -0.05) is 22.0 Å². The zero-order chi connectivity index (χ0) is 19.3. The highest BCUT2D eigenvalue weighted by atomic mass is 79.9. The summed E-state index contributed by atoms with van der Waals surface area (Å²) in [7, 11) is 3.09. The number of phenols is 1. The van der Waals surface area contributed by atoms with E-state index in [2.05, 4.69) is 58.3 Å². The second kappa shape index (κ2) is 9.38. The van der Waals surface area contributed by atoms with E-state index in [1.165, 1.54) is 13.3 Å². The Morgan fingerprint density at radius 1 is 1.15 bits per heavy atom. The normalized spacial score (nSPS) is 10.8. The Labute approximate surface area is 176 Å². The first kappa shape index (κ1) is 20.7. The summed E-state index contributed by atoms with van der Waals surface area (Å²) in [5.74, 6) is 0.910. The van der Waals surface area contributed by atoms with E-state index in [-0.39, 0.29) is 18.1 Å². The molecule has 2 aromatic carbocycles. The standard InChI is InChI=1S/C17H15Br3N2O4/c1-25-13-4-3-9(5-14(13)26-2)6-15(23)22-21-8-10-11(18)7-12(19)17(24)16(10)20/h3-5,7-8,24H,6H2,1-2H3,(H,22,23)/b21-8-. The average molecular weight is 551 g/mol. The maximum absolute atomic E-state index is 12.1. The number of carbonyl (C=O) groups excluding carboxylic acids is 1. The highest BCUT2D eigenvalue weighted by Crippen LogP contribution is 2.38. The van der Waals surface area contributed by atoms with Crippen molar-refractivity contribution in [1.29, 1.82) is 0 Å². The molecule has 2 rings (SSSR count). The largest absolute Gasteiger partial charge is 0.506 e. The Bertz CT molecular complexity index is 856. The van der Waals surface area contributed by atoms with Crippen LogP contribution in [0.15, 0.2) is 42.8 Å². The molecule has 2 aromatic rings. The molecule has 0 aliphatic carbocycles. The third-order valence-corrected chi connectivity index (χ3v) is 5.44. The Morgan fingerprint density at radius 3 is 2.50 bits per heavy atom. The van der Waals surface area contributed by atoms with Gasteiger partial charge in [-0.15, -0.1) is 0 Å². The number of aromatic hydroxyl groups is 1. The van der Waals surface area contributed by atoms with Gasteiger partial charge in [-0.05, 0) is 55.6 Å². The highest BCUT2D eigenvalue weighted by Gasteiger charge is 2.12. The monoisotopic (exact) mass is 548 g/mol. The number of phenolic OH excluding ortho intramolecular Hbond substituents is 1. The van der Waals surface area contributed by atoms with Gasteiger partial charge in [0.1, 0.15) is 5.75 Å². The Kier molecular flexibility index (Phi) is 7.48. The van der Waals surface area contributed by atoms with Crippen molar-refractivity contribution in [2.24, 2.45) is 5.10 Å². The minimum absolute atomic E-state index is 0.0475. The van der Waals surface area contributed by atoms with Crippen LogP contribution in [-0.4, -0.2) is 31.4 Å². The molecular formula is C17H15Br3N2O4. The van der Waals surface area contributed by atoms with E-state index in [9.17, 15) is 9.90 Å². The molecule has 0 aliphatic heterocycles. The molecule has 1 amide bonds. The van der Waals surface area contributed by atoms with Crippen LogP contribution in [-0.2, 0) is 11.2 Å². The first-order valence-corrected chi connectivity index (χ1v) is 9.64. The summed E-state index contributed by atoms with van der Waals surface area (Å²) in [6, 6.07) is 6.95. The Morgan fingerprint density at radius 2 is 1.85 bits per heavy atom. The molecule has 138 valence electrons. The maximum atomic E-state index is 12.1. The van der Waals surface area contributed by atoms with Gasteiger partial charge in [0.15, 0.2) is 11.5 Å². The molecule has 0 saturated heterocycles. The number of methoxy groups -OCH3 is 2. The van der Waals surface area contributed by atoms with Crippen LogP contribution in [0.25, 0.3) is 0 Å². The Hall–Kier alpha value is -1.58. The number of hydrazone groups is 1. The highest BCUT2D eigenvalue weighted by molar-refractivity contribution is 9.11. The molecule has 0 heterocycles. The number of ether oxygens (including phenoxy) is 2. The van der Waals surface area contributed by atoms with Crippen LogP contribution in [0.2, 0.25) is 0 Å². The number of halogens is 3. The van der Waals surface area contributed by atoms with Gasteiger partial charge >= 0.3 is 0 Å². The van der Waals surface area contributed by atoms with Crippen LogP contribution in [0.4, 0.5) is 0 Å². The molecule has 0 aromatic heterocycles. The van der Waals surface area contributed by atoms with Gasteiger partial charge in [-0.2, -0.15) is 5.10 Å². The summed E-state index contributed by atoms with van der Waals surface area (Å²) >= 11 is 9.91. The molecule has 6 nitrogen and oxygen atoms in total. The number of rotatable bonds is 6. The number of amides is 1. The number of hydrogen-bond acceptors (Lipinski definition) is 5. The number of nitrogens with zero attached hydrogens (tertiary/aromatic N) is 1. The van der Waals surface area contributed by atoms with Gasteiger partial charge in [0, 0.05) is 10.0 Å². The van der Waals surface area contributed by atoms with Gasteiger partial charge in [0.05, 0.1) is 35.8 Å². The number of benzene rings is 2. The third kappa shape index (κ3) is 4.99. The summed E-state index contributed by atoms with van der Waals surface area (Å²) in [5, 5.41) is 13.9. The van der Waals surface area contributed by atoms with Crippen molar-refractivity contribution in [3.8, 4) is 17.2 Å². The minimum Gasteiger partial charge on any atom is -0.506 e. The topological polar surface area (TPSA) is 80.2 Å². The van der Waals surface area contributed by atoms with Crippen molar-refractivity contribution in [2.45, 2.75) is 6.42 Å². The molecule has 0 unspecified atom stereocenters. The van der Waals surface area contributed by atoms with Crippen LogP contribution >= 0.6 is 47.8 Å². The summed E-state index contributed by atoms with van der Waals surface area (Å²) < 4.78 is 12.1. The Balaban J connectivity index is 2.06. The van der Waals surface area contributed by atoms with E-state index in [0.717, 1.165) is 5.56 Å². The first-order chi connectivity index (χ1) is 12.4. The predicted molar refractivity (Wildman–Crippen MR) is 110 cm³/mol. The molecule has 9 heteroatoms. The van der Waals surface area contributed by atoms with E-state index >= 15 is 0 Å². The smallest absolute Gasteiger partial charge is 0.244 e. The van der Waals surface area contributed by atoms with Gasteiger partial charge in [-0.3, -0.25) is 4.79 Å². The molecule has 0 atom stereocenters. The molecular weight excluding hydrogens is 536 g/mol. The zero-order valence-corrected chi connectivity index (χ0v) is 18.6. The van der Waals surface area contributed by atoms with Crippen LogP contribution in [0.5, 0.6) is 17.2 Å². The molecule has 0 radical (unpaired) electrons. The van der Waals surface area contributed by atoms with Crippen LogP contribution in [0, 0.1) is 0 Å². The van der Waals surface area contributed by atoms with Crippen LogP contribution in [0.3, 0.4) is 0 Å². The quantitative estimate of drug-likeness (QED) is 0.413. The lowest BCUT2D eigenvalue weighted by molar-refractivity contribution is -0.120. The number of nitrogens with one attached hydrogen (secondary N) is 1. The fraction of sp³-hybridized carbons (Fsp3) is 0.176. The van der Waals surface area contributed by atoms with Crippen molar-refractivity contribution >= 4 is 59.9 Å². The molecule has 0 fully saturated rings. The summed E-state index contributed by atoms with van der Waals surface area (Å²) in [4.78, 5) is 12.1. The lowest BCUT2D eigenvalue weighted by atomic mass is 10.1. The van der Waals surface area contributed by atoms with E-state index < -0.39 is 0 Å². The van der Waals surface area contributed by atoms with Crippen molar-refractivity contribution in [1.82, 2.24) is 5.43 Å². The van der Waals surface area contributed by atoms with Crippen LogP contribution in [0.1, 0.15) is 11.1 Å². The van der Waals surface area contributed by atoms with Gasteiger partial charge < -0.3 is 14.6 Å². The molecule has 0 bridgehead atoms. The third-order valence-electron chi connectivity index (χ3n) is 3.38. The molecule has 0 saturated carbocycles. The number of carbonyl (C=O) groups is 1. The fourth-order valence-corrected chi connectivity index (χ4v) is 4.42. The average Bonchev–Trinajstić information content (AvgIpc) is 2.62. The first-order valence-electron chi connectivity index (χ1n) is 7.26. The van der Waals surface area contributed by atoms with E-state index in [1.807, 2.05) is 0 Å².